The molecule has 0 spiro atoms. The Morgan fingerprint density at radius 2 is 2.44 bits per heavy atom. The van der Waals surface area contributed by atoms with E-state index in [1.807, 2.05) is 25.1 Å². The number of carbonyl (C=O) groups is 1. The molecule has 18 heavy (non-hydrogen) atoms. The van der Waals surface area contributed by atoms with Crippen LogP contribution in [0.2, 0.25) is 5.02 Å². The van der Waals surface area contributed by atoms with Crippen LogP contribution in [-0.4, -0.2) is 17.7 Å². The molecule has 0 fully saturated rings. The minimum absolute atomic E-state index is 0.0325. The third kappa shape index (κ3) is 2.99. The van der Waals surface area contributed by atoms with Gasteiger partial charge in [0, 0.05) is 15.7 Å². The van der Waals surface area contributed by atoms with E-state index in [2.05, 4.69) is 5.32 Å². The number of halogens is 1. The topological polar surface area (TPSA) is 55.1 Å². The van der Waals surface area contributed by atoms with Gasteiger partial charge in [-0.2, -0.15) is 0 Å². The first-order valence-corrected chi connectivity index (χ1v) is 7.46. The van der Waals surface area contributed by atoms with Gasteiger partial charge in [-0.15, -0.1) is 11.8 Å². The summed E-state index contributed by atoms with van der Waals surface area (Å²) in [4.78, 5) is 13.1. The van der Waals surface area contributed by atoms with Gasteiger partial charge in [-0.1, -0.05) is 18.5 Å². The summed E-state index contributed by atoms with van der Waals surface area (Å²) < 4.78 is 0. The van der Waals surface area contributed by atoms with Gasteiger partial charge in [0.15, 0.2) is 0 Å². The van der Waals surface area contributed by atoms with E-state index in [1.165, 1.54) is 4.90 Å². The van der Waals surface area contributed by atoms with Gasteiger partial charge in [-0.3, -0.25) is 4.79 Å². The second-order valence-corrected chi connectivity index (χ2v) is 5.97. The summed E-state index contributed by atoms with van der Waals surface area (Å²) in [6, 6.07) is 5.44. The summed E-state index contributed by atoms with van der Waals surface area (Å²) in [6.45, 7) is 1.91. The molecule has 0 radical (unpaired) electrons. The Morgan fingerprint density at radius 3 is 3.17 bits per heavy atom. The predicted molar refractivity (Wildman–Crippen MR) is 75.9 cm³/mol. The largest absolute Gasteiger partial charge is 0.348 e. The summed E-state index contributed by atoms with van der Waals surface area (Å²) in [5.41, 5.74) is 6.85. The third-order valence-corrected chi connectivity index (χ3v) is 4.46. The van der Waals surface area contributed by atoms with E-state index in [0.29, 0.717) is 11.4 Å². The zero-order valence-electron chi connectivity index (χ0n) is 10.3. The minimum Gasteiger partial charge on any atom is -0.348 e. The number of fused-ring (bicyclic) bond motifs is 1. The smallest absolute Gasteiger partial charge is 0.237 e. The lowest BCUT2D eigenvalue weighted by atomic mass is 10.0. The Bertz CT molecular complexity index is 453. The Morgan fingerprint density at radius 1 is 1.67 bits per heavy atom. The van der Waals surface area contributed by atoms with Crippen molar-refractivity contribution in [3.8, 4) is 0 Å². The Hall–Kier alpha value is -0.710. The second kappa shape index (κ2) is 5.95. The Balaban J connectivity index is 2.17. The number of thioether (sulfide) groups is 1. The average Bonchev–Trinajstić information content (AvgIpc) is 2.38. The van der Waals surface area contributed by atoms with E-state index in [-0.39, 0.29) is 11.9 Å². The molecule has 0 aromatic heterocycles. The van der Waals surface area contributed by atoms with E-state index in [0.717, 1.165) is 17.7 Å². The van der Waals surface area contributed by atoms with Crippen LogP contribution in [0.3, 0.4) is 0 Å². The molecule has 5 heteroatoms. The van der Waals surface area contributed by atoms with Gasteiger partial charge < -0.3 is 11.1 Å². The van der Waals surface area contributed by atoms with Gasteiger partial charge in [0.2, 0.25) is 5.91 Å². The molecule has 1 aliphatic heterocycles. The number of nitrogens with one attached hydrogen (secondary N) is 1. The second-order valence-electron chi connectivity index (χ2n) is 4.40. The standard InChI is InChI=1S/C13H17ClN2OS/c1-2-10(15)13(17)16-11-5-6-18-12-4-3-8(14)7-9(11)12/h3-4,7,10-11H,2,5-6,15H2,1H3,(H,16,17). The van der Waals surface area contributed by atoms with Crippen molar-refractivity contribution in [2.75, 3.05) is 5.75 Å². The van der Waals surface area contributed by atoms with E-state index < -0.39 is 6.04 Å². The number of nitrogens with two attached hydrogens (primary N) is 1. The zero-order valence-corrected chi connectivity index (χ0v) is 11.9. The molecule has 1 aromatic rings. The molecule has 1 aromatic carbocycles. The average molecular weight is 285 g/mol. The highest BCUT2D eigenvalue weighted by atomic mass is 35.5. The first-order valence-electron chi connectivity index (χ1n) is 6.10. The fourth-order valence-corrected chi connectivity index (χ4v) is 3.27. The molecule has 1 heterocycles. The van der Waals surface area contributed by atoms with Crippen molar-refractivity contribution in [1.29, 1.82) is 0 Å². The van der Waals surface area contributed by atoms with Crippen LogP contribution in [0.5, 0.6) is 0 Å². The summed E-state index contributed by atoms with van der Waals surface area (Å²) in [6.07, 6.45) is 1.57. The van der Waals surface area contributed by atoms with Crippen molar-refractivity contribution in [1.82, 2.24) is 5.32 Å². The summed E-state index contributed by atoms with van der Waals surface area (Å²) >= 11 is 7.82. The summed E-state index contributed by atoms with van der Waals surface area (Å²) in [7, 11) is 0. The zero-order chi connectivity index (χ0) is 13.1. The number of amides is 1. The first kappa shape index (κ1) is 13.7. The van der Waals surface area contributed by atoms with Crippen LogP contribution in [-0.2, 0) is 4.79 Å². The van der Waals surface area contributed by atoms with Gasteiger partial charge in [0.05, 0.1) is 12.1 Å². The van der Waals surface area contributed by atoms with Crippen LogP contribution in [0.25, 0.3) is 0 Å². The van der Waals surface area contributed by atoms with E-state index in [1.54, 1.807) is 11.8 Å². The van der Waals surface area contributed by atoms with Crippen LogP contribution in [0, 0.1) is 0 Å². The highest BCUT2D eigenvalue weighted by Crippen LogP contribution is 2.37. The number of hydrogen-bond donors (Lipinski definition) is 2. The molecule has 0 saturated heterocycles. The monoisotopic (exact) mass is 284 g/mol. The van der Waals surface area contributed by atoms with Crippen molar-refractivity contribution in [3.63, 3.8) is 0 Å². The normalized spacial score (nSPS) is 20.1. The predicted octanol–water partition coefficient (Wildman–Crippen LogP) is 2.73. The fourth-order valence-electron chi connectivity index (χ4n) is 1.98. The van der Waals surface area contributed by atoms with Gasteiger partial charge in [0.25, 0.3) is 0 Å². The van der Waals surface area contributed by atoms with Crippen molar-refractivity contribution in [2.45, 2.75) is 36.7 Å². The lowest BCUT2D eigenvalue weighted by molar-refractivity contribution is -0.123. The number of hydrogen-bond acceptors (Lipinski definition) is 3. The van der Waals surface area contributed by atoms with Gasteiger partial charge in [0.1, 0.15) is 0 Å². The summed E-state index contributed by atoms with van der Waals surface area (Å²) in [5.74, 6) is 0.918. The maximum Gasteiger partial charge on any atom is 0.237 e. The number of benzene rings is 1. The van der Waals surface area contributed by atoms with E-state index >= 15 is 0 Å². The quantitative estimate of drug-likeness (QED) is 0.897. The Labute approximate surface area is 116 Å². The molecule has 3 nitrogen and oxygen atoms in total. The Kier molecular flexibility index (Phi) is 4.54. The third-order valence-electron chi connectivity index (χ3n) is 3.10. The van der Waals surface area contributed by atoms with Gasteiger partial charge in [-0.25, -0.2) is 0 Å². The molecular formula is C13H17ClN2OS. The molecular weight excluding hydrogens is 268 g/mol. The molecule has 0 bridgehead atoms. The van der Waals surface area contributed by atoms with Crippen LogP contribution in [0.1, 0.15) is 31.4 Å². The van der Waals surface area contributed by atoms with Crippen LogP contribution in [0.15, 0.2) is 23.1 Å². The minimum atomic E-state index is -0.429. The molecule has 1 aliphatic rings. The molecule has 2 atom stereocenters. The van der Waals surface area contributed by atoms with E-state index in [9.17, 15) is 4.79 Å². The molecule has 3 N–H and O–H groups in total. The number of carbonyl (C=O) groups excluding carboxylic acids is 1. The maximum absolute atomic E-state index is 11.9. The molecule has 2 unspecified atom stereocenters. The number of rotatable bonds is 3. The molecule has 98 valence electrons. The van der Waals surface area contributed by atoms with Crippen molar-refractivity contribution in [3.05, 3.63) is 28.8 Å². The van der Waals surface area contributed by atoms with Gasteiger partial charge in [-0.05, 0) is 36.6 Å². The first-order chi connectivity index (χ1) is 8.61. The van der Waals surface area contributed by atoms with Crippen LogP contribution in [0.4, 0.5) is 0 Å². The highest BCUT2D eigenvalue weighted by molar-refractivity contribution is 7.99. The molecule has 1 amide bonds. The van der Waals surface area contributed by atoms with Gasteiger partial charge >= 0.3 is 0 Å². The fraction of sp³-hybridized carbons (Fsp3) is 0.462. The molecule has 0 aliphatic carbocycles. The van der Waals surface area contributed by atoms with Crippen LogP contribution >= 0.6 is 23.4 Å². The lowest BCUT2D eigenvalue weighted by Gasteiger charge is -2.27. The SMILES string of the molecule is CCC(N)C(=O)NC1CCSc2ccc(Cl)cc21. The maximum atomic E-state index is 11.9. The summed E-state index contributed by atoms with van der Waals surface area (Å²) in [5, 5.41) is 3.72. The van der Waals surface area contributed by atoms with Crippen LogP contribution < -0.4 is 11.1 Å². The molecule has 0 saturated carbocycles. The van der Waals surface area contributed by atoms with E-state index in [4.69, 9.17) is 17.3 Å². The van der Waals surface area contributed by atoms with Crippen molar-refractivity contribution in [2.24, 2.45) is 5.73 Å². The highest BCUT2D eigenvalue weighted by Gasteiger charge is 2.24. The van der Waals surface area contributed by atoms with Crippen molar-refractivity contribution >= 4 is 29.3 Å². The molecule has 2 rings (SSSR count). The lowest BCUT2D eigenvalue weighted by Crippen LogP contribution is -2.42. The van der Waals surface area contributed by atoms with Crippen molar-refractivity contribution < 1.29 is 4.79 Å².